The van der Waals surface area contributed by atoms with E-state index in [1.807, 2.05) is 0 Å². The molecule has 2 aliphatic rings. The van der Waals surface area contributed by atoms with E-state index in [-0.39, 0.29) is 5.25 Å². The molecule has 1 aliphatic carbocycles. The first kappa shape index (κ1) is 5.71. The average Bonchev–Trinajstić information content (AvgIpc) is 2.19. The third kappa shape index (κ3) is 0.707. The molecule has 1 aliphatic heterocycles. The summed E-state index contributed by atoms with van der Waals surface area (Å²) in [5.74, 6) is 1.01. The van der Waals surface area contributed by atoms with Crippen LogP contribution in [-0.2, 0) is 9.84 Å². The molecule has 2 rings (SSSR count). The molecule has 0 aromatic heterocycles. The van der Waals surface area contributed by atoms with Gasteiger partial charge in [0.1, 0.15) is 0 Å². The molecule has 0 aromatic carbocycles. The van der Waals surface area contributed by atoms with E-state index < -0.39 is 9.84 Å². The molecule has 2 bridgehead atoms. The summed E-state index contributed by atoms with van der Waals surface area (Å²) in [7, 11) is -2.59. The van der Waals surface area contributed by atoms with Crippen LogP contribution in [0.3, 0.4) is 0 Å². The summed E-state index contributed by atoms with van der Waals surface area (Å²) in [6.07, 6.45) is 3.05. The maximum Gasteiger partial charge on any atom is 0.153 e. The van der Waals surface area contributed by atoms with Crippen LogP contribution >= 0.6 is 0 Å². The van der Waals surface area contributed by atoms with Crippen LogP contribution in [0.1, 0.15) is 19.3 Å². The molecule has 3 heteroatoms. The first-order valence-corrected chi connectivity index (χ1v) is 5.11. The summed E-state index contributed by atoms with van der Waals surface area (Å²) >= 11 is 0. The fraction of sp³-hybridized carbons (Fsp3) is 1.00. The van der Waals surface area contributed by atoms with Crippen LogP contribution in [-0.4, -0.2) is 19.4 Å². The van der Waals surface area contributed by atoms with Crippen LogP contribution in [0.4, 0.5) is 0 Å². The average molecular weight is 146 g/mol. The molecule has 2 fully saturated rings. The van der Waals surface area contributed by atoms with Crippen molar-refractivity contribution in [2.45, 2.75) is 24.5 Å². The zero-order valence-electron chi connectivity index (χ0n) is 5.21. The zero-order chi connectivity index (χ0) is 6.48. The predicted molar refractivity (Wildman–Crippen MR) is 34.9 cm³/mol. The Morgan fingerprint density at radius 1 is 1.22 bits per heavy atom. The Kier molecular flexibility index (Phi) is 0.958. The molecular weight excluding hydrogens is 136 g/mol. The summed E-state index contributed by atoms with van der Waals surface area (Å²) in [4.78, 5) is 0. The molecule has 52 valence electrons. The highest BCUT2D eigenvalue weighted by Gasteiger charge is 2.43. The van der Waals surface area contributed by atoms with Gasteiger partial charge >= 0.3 is 0 Å². The predicted octanol–water partition coefficient (Wildman–Crippen LogP) is 0.584. The summed E-state index contributed by atoms with van der Waals surface area (Å²) in [6.45, 7) is 0. The lowest BCUT2D eigenvalue weighted by molar-refractivity contribution is 0.568. The van der Waals surface area contributed by atoms with Crippen LogP contribution in [0.25, 0.3) is 0 Å². The standard InChI is InChI=1S/C6H10O2S/c7-9(8)4-5-1-2-6(9)3-5/h5-6H,1-4H2. The summed E-state index contributed by atoms with van der Waals surface area (Å²) in [6, 6.07) is 0. The van der Waals surface area contributed by atoms with Crippen molar-refractivity contribution in [2.24, 2.45) is 5.92 Å². The van der Waals surface area contributed by atoms with Crippen molar-refractivity contribution in [3.8, 4) is 0 Å². The molecule has 0 radical (unpaired) electrons. The van der Waals surface area contributed by atoms with Crippen molar-refractivity contribution in [3.63, 3.8) is 0 Å². The molecule has 0 N–H and O–H groups in total. The van der Waals surface area contributed by atoms with Gasteiger partial charge in [-0.2, -0.15) is 0 Å². The monoisotopic (exact) mass is 146 g/mol. The normalized spacial score (nSPS) is 45.8. The lowest BCUT2D eigenvalue weighted by Crippen LogP contribution is -2.18. The second-order valence-corrected chi connectivity index (χ2v) is 5.46. The van der Waals surface area contributed by atoms with Crippen molar-refractivity contribution in [3.05, 3.63) is 0 Å². The molecule has 1 saturated carbocycles. The van der Waals surface area contributed by atoms with Crippen molar-refractivity contribution in [1.29, 1.82) is 0 Å². The van der Waals surface area contributed by atoms with E-state index in [0.717, 1.165) is 19.3 Å². The highest BCUT2D eigenvalue weighted by atomic mass is 32.2. The molecule has 0 amide bonds. The van der Waals surface area contributed by atoms with Crippen molar-refractivity contribution in [1.82, 2.24) is 0 Å². The quantitative estimate of drug-likeness (QED) is 0.501. The van der Waals surface area contributed by atoms with Crippen LogP contribution in [0.2, 0.25) is 0 Å². The van der Waals surface area contributed by atoms with Crippen LogP contribution in [0.15, 0.2) is 0 Å². The molecule has 1 heterocycles. The Labute approximate surface area is 55.2 Å². The summed E-state index contributed by atoms with van der Waals surface area (Å²) in [5.41, 5.74) is 0. The first-order valence-electron chi connectivity index (χ1n) is 3.40. The van der Waals surface area contributed by atoms with Gasteiger partial charge < -0.3 is 0 Å². The minimum atomic E-state index is -2.59. The number of rotatable bonds is 0. The minimum absolute atomic E-state index is 0.0579. The first-order chi connectivity index (χ1) is 4.18. The van der Waals surface area contributed by atoms with Crippen LogP contribution in [0.5, 0.6) is 0 Å². The van der Waals surface area contributed by atoms with Gasteiger partial charge in [0.2, 0.25) is 0 Å². The largest absolute Gasteiger partial charge is 0.229 e. The molecule has 2 unspecified atom stereocenters. The Morgan fingerprint density at radius 2 is 2.00 bits per heavy atom. The second-order valence-electron chi connectivity index (χ2n) is 3.13. The van der Waals surface area contributed by atoms with Crippen LogP contribution in [0, 0.1) is 5.92 Å². The SMILES string of the molecule is O=S1(=O)CC2CCC1C2. The maximum absolute atomic E-state index is 11.0. The van der Waals surface area contributed by atoms with Gasteiger partial charge in [0.15, 0.2) is 9.84 Å². The van der Waals surface area contributed by atoms with E-state index in [4.69, 9.17) is 0 Å². The zero-order valence-corrected chi connectivity index (χ0v) is 6.02. The van der Waals surface area contributed by atoms with E-state index >= 15 is 0 Å². The minimum Gasteiger partial charge on any atom is -0.229 e. The second kappa shape index (κ2) is 1.51. The van der Waals surface area contributed by atoms with Gasteiger partial charge in [0, 0.05) is 0 Å². The number of fused-ring (bicyclic) bond motifs is 2. The Morgan fingerprint density at radius 3 is 2.22 bits per heavy atom. The molecule has 2 atom stereocenters. The number of sulfone groups is 1. The molecule has 1 saturated heterocycles. The van der Waals surface area contributed by atoms with Gasteiger partial charge in [0.05, 0.1) is 11.0 Å². The van der Waals surface area contributed by atoms with Gasteiger partial charge in [-0.15, -0.1) is 0 Å². The Hall–Kier alpha value is -0.0500. The van der Waals surface area contributed by atoms with Crippen molar-refractivity contribution >= 4 is 9.84 Å². The molecule has 2 nitrogen and oxygen atoms in total. The van der Waals surface area contributed by atoms with E-state index in [2.05, 4.69) is 0 Å². The van der Waals surface area contributed by atoms with Gasteiger partial charge in [-0.05, 0) is 25.2 Å². The van der Waals surface area contributed by atoms with Crippen molar-refractivity contribution < 1.29 is 8.42 Å². The Bertz CT molecular complexity index is 217. The lowest BCUT2D eigenvalue weighted by Gasteiger charge is -2.07. The van der Waals surface area contributed by atoms with Gasteiger partial charge in [-0.1, -0.05) is 0 Å². The highest BCUT2D eigenvalue weighted by Crippen LogP contribution is 2.39. The highest BCUT2D eigenvalue weighted by molar-refractivity contribution is 7.92. The molecule has 0 aromatic rings. The van der Waals surface area contributed by atoms with E-state index in [9.17, 15) is 8.42 Å². The third-order valence-corrected chi connectivity index (χ3v) is 4.85. The summed E-state index contributed by atoms with van der Waals surface area (Å²) < 4.78 is 22.0. The van der Waals surface area contributed by atoms with Gasteiger partial charge in [-0.25, -0.2) is 8.42 Å². The smallest absolute Gasteiger partial charge is 0.153 e. The maximum atomic E-state index is 11.0. The van der Waals surface area contributed by atoms with E-state index in [1.54, 1.807) is 0 Å². The molecule has 9 heavy (non-hydrogen) atoms. The van der Waals surface area contributed by atoms with Crippen LogP contribution < -0.4 is 0 Å². The van der Waals surface area contributed by atoms with Gasteiger partial charge in [-0.3, -0.25) is 0 Å². The fourth-order valence-electron chi connectivity index (χ4n) is 1.97. The molecular formula is C6H10O2S. The molecule has 0 spiro atoms. The lowest BCUT2D eigenvalue weighted by atomic mass is 10.1. The third-order valence-electron chi connectivity index (χ3n) is 2.47. The topological polar surface area (TPSA) is 34.1 Å². The fourth-order valence-corrected chi connectivity index (χ4v) is 4.26. The van der Waals surface area contributed by atoms with E-state index in [1.165, 1.54) is 0 Å². The number of hydrogen-bond acceptors (Lipinski definition) is 2. The van der Waals surface area contributed by atoms with Gasteiger partial charge in [0.25, 0.3) is 0 Å². The summed E-state index contributed by atoms with van der Waals surface area (Å²) in [5, 5.41) is 0.0579. The van der Waals surface area contributed by atoms with E-state index in [0.29, 0.717) is 11.7 Å². The number of hydrogen-bond donors (Lipinski definition) is 0. The Balaban J connectivity index is 2.39. The van der Waals surface area contributed by atoms with Crippen molar-refractivity contribution in [2.75, 3.05) is 5.75 Å².